The number of piperidine rings is 1. The molecule has 1 atom stereocenters. The van der Waals surface area contributed by atoms with E-state index in [0.29, 0.717) is 5.92 Å². The molecule has 1 aromatic heterocycles. The van der Waals surface area contributed by atoms with Gasteiger partial charge < -0.3 is 15.5 Å². The van der Waals surface area contributed by atoms with Gasteiger partial charge in [-0.1, -0.05) is 0 Å². The average molecular weight is 434 g/mol. The van der Waals surface area contributed by atoms with Crippen LogP contribution in [-0.2, 0) is 13.6 Å². The summed E-state index contributed by atoms with van der Waals surface area (Å²) in [6.45, 7) is 8.29. The van der Waals surface area contributed by atoms with Crippen molar-refractivity contribution in [2.24, 2.45) is 18.0 Å². The summed E-state index contributed by atoms with van der Waals surface area (Å²) < 4.78 is 1.93. The first-order chi connectivity index (χ1) is 10.5. The quantitative estimate of drug-likeness (QED) is 0.430. The highest BCUT2D eigenvalue weighted by Gasteiger charge is 2.17. The summed E-state index contributed by atoms with van der Waals surface area (Å²) in [5.41, 5.74) is 3.54. The Balaban J connectivity index is 0.00000264. The van der Waals surface area contributed by atoms with Crippen molar-refractivity contribution in [2.45, 2.75) is 33.2 Å². The van der Waals surface area contributed by atoms with Gasteiger partial charge in [0.05, 0.1) is 5.69 Å². The van der Waals surface area contributed by atoms with Crippen LogP contribution in [-0.4, -0.2) is 54.4 Å². The molecule has 23 heavy (non-hydrogen) atoms. The molecule has 2 heterocycles. The van der Waals surface area contributed by atoms with Gasteiger partial charge in [0.25, 0.3) is 0 Å². The lowest BCUT2D eigenvalue weighted by molar-refractivity contribution is 0.210. The molecule has 6 nitrogen and oxygen atoms in total. The van der Waals surface area contributed by atoms with Crippen molar-refractivity contribution in [3.05, 3.63) is 17.0 Å². The van der Waals surface area contributed by atoms with E-state index < -0.39 is 0 Å². The molecule has 1 fully saturated rings. The third-order valence-corrected chi connectivity index (χ3v) is 4.60. The molecule has 0 aromatic carbocycles. The molecule has 132 valence electrons. The Morgan fingerprint density at radius 3 is 2.61 bits per heavy atom. The Morgan fingerprint density at radius 1 is 1.30 bits per heavy atom. The van der Waals surface area contributed by atoms with Gasteiger partial charge in [0.2, 0.25) is 0 Å². The Bertz CT molecular complexity index is 525. The van der Waals surface area contributed by atoms with Crippen LogP contribution in [0, 0.1) is 19.8 Å². The maximum Gasteiger partial charge on any atom is 0.191 e. The molecule has 2 rings (SSSR count). The van der Waals surface area contributed by atoms with Gasteiger partial charge in [-0.15, -0.1) is 24.0 Å². The molecule has 1 aliphatic heterocycles. The molecule has 0 spiro atoms. The predicted molar refractivity (Wildman–Crippen MR) is 107 cm³/mol. The number of rotatable bonds is 4. The van der Waals surface area contributed by atoms with Crippen LogP contribution in [0.15, 0.2) is 4.99 Å². The van der Waals surface area contributed by atoms with E-state index >= 15 is 0 Å². The van der Waals surface area contributed by atoms with Crippen molar-refractivity contribution in [1.82, 2.24) is 25.3 Å². The third-order valence-electron chi connectivity index (χ3n) is 4.60. The molecular formula is C16H31IN6. The second-order valence-electron chi connectivity index (χ2n) is 6.35. The van der Waals surface area contributed by atoms with Crippen LogP contribution in [0.2, 0.25) is 0 Å². The van der Waals surface area contributed by atoms with Crippen LogP contribution in [0.4, 0.5) is 0 Å². The summed E-state index contributed by atoms with van der Waals surface area (Å²) >= 11 is 0. The van der Waals surface area contributed by atoms with Crippen molar-refractivity contribution in [1.29, 1.82) is 0 Å². The van der Waals surface area contributed by atoms with E-state index in [9.17, 15) is 0 Å². The van der Waals surface area contributed by atoms with E-state index in [4.69, 9.17) is 0 Å². The Hall–Kier alpha value is -0.830. The lowest BCUT2D eigenvalue weighted by atomic mass is 9.99. The summed E-state index contributed by atoms with van der Waals surface area (Å²) in [6.07, 6.45) is 2.60. The molecule has 2 N–H and O–H groups in total. The molecule has 0 aliphatic carbocycles. The maximum atomic E-state index is 4.45. The van der Waals surface area contributed by atoms with E-state index in [2.05, 4.69) is 46.5 Å². The van der Waals surface area contributed by atoms with Crippen LogP contribution in [0.1, 0.15) is 29.8 Å². The zero-order chi connectivity index (χ0) is 16.1. The summed E-state index contributed by atoms with van der Waals surface area (Å²) in [7, 11) is 6.01. The zero-order valence-corrected chi connectivity index (χ0v) is 17.3. The zero-order valence-electron chi connectivity index (χ0n) is 15.0. The fourth-order valence-corrected chi connectivity index (χ4v) is 3.15. The molecule has 1 aliphatic rings. The number of guanidine groups is 1. The smallest absolute Gasteiger partial charge is 0.191 e. The topological polar surface area (TPSA) is 57.5 Å². The molecule has 1 unspecified atom stereocenters. The fourth-order valence-electron chi connectivity index (χ4n) is 3.15. The van der Waals surface area contributed by atoms with Crippen LogP contribution >= 0.6 is 24.0 Å². The van der Waals surface area contributed by atoms with Gasteiger partial charge in [-0.3, -0.25) is 9.67 Å². The summed E-state index contributed by atoms with van der Waals surface area (Å²) in [4.78, 5) is 6.74. The fraction of sp³-hybridized carbons (Fsp3) is 0.750. The van der Waals surface area contributed by atoms with E-state index in [1.807, 2.05) is 18.8 Å². The number of aromatic nitrogens is 2. The van der Waals surface area contributed by atoms with Crippen LogP contribution in [0.3, 0.4) is 0 Å². The highest BCUT2D eigenvalue weighted by Crippen LogP contribution is 2.14. The van der Waals surface area contributed by atoms with Gasteiger partial charge >= 0.3 is 0 Å². The van der Waals surface area contributed by atoms with Gasteiger partial charge in [-0.05, 0) is 46.2 Å². The van der Waals surface area contributed by atoms with Crippen molar-refractivity contribution in [3.63, 3.8) is 0 Å². The lowest BCUT2D eigenvalue weighted by Gasteiger charge is -2.30. The number of likely N-dealkylation sites (tertiary alicyclic amines) is 1. The maximum absolute atomic E-state index is 4.45. The monoisotopic (exact) mass is 434 g/mol. The molecule has 0 radical (unpaired) electrons. The average Bonchev–Trinajstić information content (AvgIpc) is 2.73. The Morgan fingerprint density at radius 2 is 2.04 bits per heavy atom. The first-order valence-electron chi connectivity index (χ1n) is 8.13. The number of nitrogens with zero attached hydrogens (tertiary/aromatic N) is 4. The summed E-state index contributed by atoms with van der Waals surface area (Å²) in [5.74, 6) is 1.58. The van der Waals surface area contributed by atoms with Crippen molar-refractivity contribution >= 4 is 29.9 Å². The number of aryl methyl sites for hydroxylation is 2. The number of hydrogen-bond acceptors (Lipinski definition) is 3. The van der Waals surface area contributed by atoms with Crippen molar-refractivity contribution < 1.29 is 0 Å². The number of halogens is 1. The summed E-state index contributed by atoms with van der Waals surface area (Å²) in [5, 5.41) is 11.3. The van der Waals surface area contributed by atoms with Gasteiger partial charge in [-0.25, -0.2) is 0 Å². The largest absolute Gasteiger partial charge is 0.356 e. The van der Waals surface area contributed by atoms with Gasteiger partial charge in [0, 0.05) is 45.0 Å². The highest BCUT2D eigenvalue weighted by molar-refractivity contribution is 14.0. The Kier molecular flexibility index (Phi) is 8.32. The highest BCUT2D eigenvalue weighted by atomic mass is 127. The second-order valence-corrected chi connectivity index (χ2v) is 6.35. The molecule has 0 saturated carbocycles. The molecule has 7 heteroatoms. The molecule has 1 aromatic rings. The Labute approximate surface area is 157 Å². The van der Waals surface area contributed by atoms with Gasteiger partial charge in [-0.2, -0.15) is 5.10 Å². The third kappa shape index (κ3) is 5.63. The van der Waals surface area contributed by atoms with E-state index in [0.717, 1.165) is 24.7 Å². The minimum Gasteiger partial charge on any atom is -0.356 e. The number of hydrogen-bond donors (Lipinski definition) is 2. The van der Waals surface area contributed by atoms with E-state index in [-0.39, 0.29) is 24.0 Å². The minimum atomic E-state index is 0. The summed E-state index contributed by atoms with van der Waals surface area (Å²) in [6, 6.07) is 0. The van der Waals surface area contributed by atoms with Gasteiger partial charge in [0.1, 0.15) is 0 Å². The molecule has 0 bridgehead atoms. The van der Waals surface area contributed by atoms with E-state index in [1.54, 1.807) is 0 Å². The number of nitrogens with one attached hydrogen (secondary N) is 2. The van der Waals surface area contributed by atoms with Crippen LogP contribution < -0.4 is 10.6 Å². The predicted octanol–water partition coefficient (Wildman–Crippen LogP) is 1.66. The van der Waals surface area contributed by atoms with Gasteiger partial charge in [0.15, 0.2) is 5.96 Å². The standard InChI is InChI=1S/C16H30N6.HI/c1-12-15(13(2)22(5)20-12)10-19-16(17-3)18-9-14-7-6-8-21(4)11-14;/h14H,6-11H2,1-5H3,(H2,17,18,19);1H. The van der Waals surface area contributed by atoms with Crippen LogP contribution in [0.5, 0.6) is 0 Å². The van der Waals surface area contributed by atoms with Crippen molar-refractivity contribution in [3.8, 4) is 0 Å². The molecule has 0 amide bonds. The van der Waals surface area contributed by atoms with E-state index in [1.165, 1.54) is 37.2 Å². The molecule has 1 saturated heterocycles. The normalized spacial score (nSPS) is 19.3. The van der Waals surface area contributed by atoms with Crippen LogP contribution in [0.25, 0.3) is 0 Å². The second kappa shape index (κ2) is 9.46. The first kappa shape index (κ1) is 20.2. The lowest BCUT2D eigenvalue weighted by Crippen LogP contribution is -2.43. The number of aliphatic imine (C=N–C) groups is 1. The molecular weight excluding hydrogens is 403 g/mol. The SMILES string of the molecule is CN=C(NCc1c(C)nn(C)c1C)NCC1CCCN(C)C1.I. The van der Waals surface area contributed by atoms with Crippen molar-refractivity contribution in [2.75, 3.05) is 33.7 Å². The minimum absolute atomic E-state index is 0. The first-order valence-corrected chi connectivity index (χ1v) is 8.13.